The quantitative estimate of drug-likeness (QED) is 0.0405. The van der Waals surface area contributed by atoms with Gasteiger partial charge in [-0.25, -0.2) is 10.3 Å². The fraction of sp³-hybridized carbons (Fsp3) is 0.289. The van der Waals surface area contributed by atoms with E-state index in [9.17, 15) is 24.6 Å². The third-order valence-electron chi connectivity index (χ3n) is 8.24. The molecule has 49 heavy (non-hydrogen) atoms. The first kappa shape index (κ1) is 35.8. The monoisotopic (exact) mass is 684 g/mol. The van der Waals surface area contributed by atoms with E-state index in [0.717, 1.165) is 38.3 Å². The molecular formula is C38H40N2O8S. The third-order valence-corrected chi connectivity index (χ3v) is 9.39. The number of hydrogen-bond acceptors (Lipinski definition) is 8. The van der Waals surface area contributed by atoms with Crippen molar-refractivity contribution in [1.29, 1.82) is 0 Å². The third kappa shape index (κ3) is 10.5. The Balaban J connectivity index is 1.27. The predicted octanol–water partition coefficient (Wildman–Crippen LogP) is 6.56. The summed E-state index contributed by atoms with van der Waals surface area (Å²) >= 11 is 1.60. The number of nitrogens with one attached hydrogen (secondary N) is 2. The number of amides is 2. The van der Waals surface area contributed by atoms with E-state index in [2.05, 4.69) is 11.4 Å². The van der Waals surface area contributed by atoms with Crippen LogP contribution in [0.4, 0.5) is 0 Å². The van der Waals surface area contributed by atoms with Crippen molar-refractivity contribution in [1.82, 2.24) is 10.8 Å². The van der Waals surface area contributed by atoms with Gasteiger partial charge in [0.25, 0.3) is 0 Å². The van der Waals surface area contributed by atoms with E-state index < -0.39 is 18.2 Å². The first-order valence-corrected chi connectivity index (χ1v) is 17.2. The van der Waals surface area contributed by atoms with Crippen LogP contribution < -0.4 is 10.8 Å². The molecule has 1 saturated heterocycles. The van der Waals surface area contributed by atoms with Crippen molar-refractivity contribution < 1.29 is 39.3 Å². The highest BCUT2D eigenvalue weighted by Crippen LogP contribution is 2.40. The number of hydroxylamine groups is 1. The van der Waals surface area contributed by atoms with E-state index >= 15 is 0 Å². The summed E-state index contributed by atoms with van der Waals surface area (Å²) in [7, 11) is 0. The van der Waals surface area contributed by atoms with Crippen LogP contribution in [-0.2, 0) is 32.2 Å². The van der Waals surface area contributed by atoms with Crippen molar-refractivity contribution >= 4 is 29.5 Å². The molecule has 2 amide bonds. The standard InChI is InChI=1S/C38H40N2O8S/c41-23-25-11-13-27(14-12-25)34-21-32(24-49-33-17-15-28(16-18-33)37(44)45)47-38(48-34)31-8-4-7-30(20-31)29-6-3-5-26(19-29)22-39-35(42)9-1-2-10-36(43)40-46/h3-8,11-20,32,34,38,41,46H,1-2,9-10,21-24H2,(H,39,42)(H,40,43)(H,44,45)/t32-,34+,38+/m1/s1. The molecule has 5 rings (SSSR count). The van der Waals surface area contributed by atoms with Crippen LogP contribution >= 0.6 is 11.8 Å². The van der Waals surface area contributed by atoms with Crippen LogP contribution in [-0.4, -0.2) is 45.1 Å². The van der Waals surface area contributed by atoms with Gasteiger partial charge in [0.2, 0.25) is 11.8 Å². The van der Waals surface area contributed by atoms with Gasteiger partial charge in [0.15, 0.2) is 6.29 Å². The van der Waals surface area contributed by atoms with Crippen LogP contribution in [0.25, 0.3) is 11.1 Å². The Morgan fingerprint density at radius 2 is 1.47 bits per heavy atom. The summed E-state index contributed by atoms with van der Waals surface area (Å²) in [5, 5.41) is 30.3. The molecule has 1 fully saturated rings. The number of unbranched alkanes of at least 4 members (excludes halogenated alkanes) is 1. The normalized spacial score (nSPS) is 17.3. The number of carbonyl (C=O) groups is 3. The van der Waals surface area contributed by atoms with Crippen LogP contribution in [0, 0.1) is 0 Å². The van der Waals surface area contributed by atoms with E-state index in [0.29, 0.717) is 38.0 Å². The van der Waals surface area contributed by atoms with Gasteiger partial charge in [0.05, 0.1) is 24.4 Å². The molecule has 10 nitrogen and oxygen atoms in total. The number of carboxylic acids is 1. The summed E-state index contributed by atoms with van der Waals surface area (Å²) in [4.78, 5) is 35.7. The van der Waals surface area contributed by atoms with Crippen molar-refractivity contribution in [3.8, 4) is 11.1 Å². The predicted molar refractivity (Wildman–Crippen MR) is 185 cm³/mol. The Labute approximate surface area is 289 Å². The second-order valence-corrected chi connectivity index (χ2v) is 12.9. The average Bonchev–Trinajstić information content (AvgIpc) is 3.15. The van der Waals surface area contributed by atoms with Crippen molar-refractivity contribution in [2.24, 2.45) is 0 Å². The molecular weight excluding hydrogens is 644 g/mol. The number of rotatable bonds is 15. The molecule has 4 aromatic rings. The van der Waals surface area contributed by atoms with Gasteiger partial charge < -0.3 is 25.0 Å². The smallest absolute Gasteiger partial charge is 0.335 e. The molecule has 0 saturated carbocycles. The molecule has 4 aromatic carbocycles. The molecule has 5 N–H and O–H groups in total. The Morgan fingerprint density at radius 3 is 2.16 bits per heavy atom. The number of aliphatic hydroxyl groups excluding tert-OH is 1. The SMILES string of the molecule is O=C(CCCCC(=O)NCc1cccc(-c2cccc([C@H]3O[C@@H](CSc4ccc(C(=O)O)cc4)C[C@@H](c4ccc(CO)cc4)O3)c2)c1)NO. The highest BCUT2D eigenvalue weighted by atomic mass is 32.2. The number of thioether (sulfide) groups is 1. The Bertz CT molecular complexity index is 1710. The van der Waals surface area contributed by atoms with Crippen molar-refractivity contribution in [2.45, 2.75) is 68.6 Å². The number of hydrogen-bond donors (Lipinski definition) is 5. The Kier molecular flexibility index (Phi) is 13.0. The lowest BCUT2D eigenvalue weighted by molar-refractivity contribution is -0.245. The fourth-order valence-corrected chi connectivity index (χ4v) is 6.47. The first-order chi connectivity index (χ1) is 23.8. The summed E-state index contributed by atoms with van der Waals surface area (Å²) < 4.78 is 13.1. The van der Waals surface area contributed by atoms with Crippen molar-refractivity contribution in [2.75, 3.05) is 5.75 Å². The Morgan fingerprint density at radius 1 is 0.776 bits per heavy atom. The highest BCUT2D eigenvalue weighted by Gasteiger charge is 2.32. The maximum absolute atomic E-state index is 12.3. The van der Waals surface area contributed by atoms with Gasteiger partial charge in [0.1, 0.15) is 0 Å². The summed E-state index contributed by atoms with van der Waals surface area (Å²) in [6.45, 7) is 0.332. The van der Waals surface area contributed by atoms with Gasteiger partial charge in [0, 0.05) is 42.0 Å². The Hall–Kier alpha value is -4.52. The molecule has 11 heteroatoms. The van der Waals surface area contributed by atoms with Crippen LogP contribution in [0.3, 0.4) is 0 Å². The molecule has 1 aliphatic heterocycles. The first-order valence-electron chi connectivity index (χ1n) is 16.2. The highest BCUT2D eigenvalue weighted by molar-refractivity contribution is 7.99. The lowest BCUT2D eigenvalue weighted by atomic mass is 9.99. The zero-order valence-corrected chi connectivity index (χ0v) is 27.7. The minimum Gasteiger partial charge on any atom is -0.478 e. The zero-order valence-electron chi connectivity index (χ0n) is 26.9. The average molecular weight is 685 g/mol. The maximum Gasteiger partial charge on any atom is 0.335 e. The zero-order chi connectivity index (χ0) is 34.6. The van der Waals surface area contributed by atoms with Gasteiger partial charge >= 0.3 is 5.97 Å². The fourth-order valence-electron chi connectivity index (χ4n) is 5.55. The van der Waals surface area contributed by atoms with E-state index in [4.69, 9.17) is 14.7 Å². The number of benzene rings is 4. The maximum atomic E-state index is 12.3. The van der Waals surface area contributed by atoms with E-state index in [1.54, 1.807) is 41.5 Å². The van der Waals surface area contributed by atoms with Gasteiger partial charge in [-0.2, -0.15) is 0 Å². The van der Waals surface area contributed by atoms with Crippen LogP contribution in [0.2, 0.25) is 0 Å². The minimum absolute atomic E-state index is 0.0365. The molecule has 0 spiro atoms. The topological polar surface area (TPSA) is 154 Å². The number of aliphatic hydroxyl groups is 1. The van der Waals surface area contributed by atoms with Crippen LogP contribution in [0.1, 0.15) is 77.1 Å². The van der Waals surface area contributed by atoms with Gasteiger partial charge in [-0.1, -0.05) is 60.7 Å². The lowest BCUT2D eigenvalue weighted by Gasteiger charge is -2.36. The number of ether oxygens (including phenoxy) is 2. The molecule has 0 bridgehead atoms. The molecule has 0 aromatic heterocycles. The second-order valence-electron chi connectivity index (χ2n) is 11.8. The van der Waals surface area contributed by atoms with Gasteiger partial charge in [-0.15, -0.1) is 11.8 Å². The summed E-state index contributed by atoms with van der Waals surface area (Å²) in [6, 6.07) is 30.5. The molecule has 256 valence electrons. The summed E-state index contributed by atoms with van der Waals surface area (Å²) in [5.41, 5.74) is 7.41. The number of carbonyl (C=O) groups excluding carboxylic acids is 2. The number of aromatic carboxylic acids is 1. The van der Waals surface area contributed by atoms with E-state index in [-0.39, 0.29) is 36.7 Å². The lowest BCUT2D eigenvalue weighted by Crippen LogP contribution is -2.31. The van der Waals surface area contributed by atoms with Crippen molar-refractivity contribution in [3.05, 3.63) is 125 Å². The minimum atomic E-state index is -0.959. The van der Waals surface area contributed by atoms with Crippen molar-refractivity contribution in [3.63, 3.8) is 0 Å². The molecule has 1 heterocycles. The van der Waals surface area contributed by atoms with Gasteiger partial charge in [-0.05, 0) is 77.1 Å². The van der Waals surface area contributed by atoms with Crippen LogP contribution in [0.5, 0.6) is 0 Å². The summed E-state index contributed by atoms with van der Waals surface area (Å²) in [6.07, 6.45) is 1.12. The summed E-state index contributed by atoms with van der Waals surface area (Å²) in [5.74, 6) is -0.881. The largest absolute Gasteiger partial charge is 0.478 e. The molecule has 1 aliphatic rings. The molecule has 0 aliphatic carbocycles. The van der Waals surface area contributed by atoms with Crippen LogP contribution in [0.15, 0.2) is 102 Å². The van der Waals surface area contributed by atoms with E-state index in [1.165, 1.54) is 0 Å². The molecule has 0 unspecified atom stereocenters. The number of carboxylic acid groups (broad SMARTS) is 1. The second kappa shape index (κ2) is 17.8. The van der Waals surface area contributed by atoms with Gasteiger partial charge in [-0.3, -0.25) is 14.8 Å². The molecule has 3 atom stereocenters. The molecule has 0 radical (unpaired) electrons. The van der Waals surface area contributed by atoms with E-state index in [1.807, 2.05) is 66.7 Å².